The maximum atomic E-state index is 9.29. The van der Waals surface area contributed by atoms with Gasteiger partial charge in [0.15, 0.2) is 0 Å². The van der Waals surface area contributed by atoms with Crippen LogP contribution < -0.4 is 0 Å². The van der Waals surface area contributed by atoms with Crippen LogP contribution in [0.15, 0.2) is 0 Å². The molecule has 0 aliphatic rings. The van der Waals surface area contributed by atoms with Crippen LogP contribution in [0.1, 0.15) is 162 Å². The van der Waals surface area contributed by atoms with Crippen LogP contribution >= 0.6 is 0 Å². The molecule has 0 heterocycles. The summed E-state index contributed by atoms with van der Waals surface area (Å²) in [6.07, 6.45) is 31.6. The molecular formula is C29H61NO2. The molecule has 194 valence electrons. The number of aliphatic hydroxyl groups is 1. The molecular weight excluding hydrogens is 394 g/mol. The molecule has 32 heavy (non-hydrogen) atoms. The third-order valence-corrected chi connectivity index (χ3v) is 6.63. The van der Waals surface area contributed by atoms with E-state index in [0.717, 1.165) is 19.6 Å². The fraction of sp³-hybridized carbons (Fsp3) is 1.00. The molecule has 3 nitrogen and oxygen atoms in total. The van der Waals surface area contributed by atoms with Crippen LogP contribution in [0.5, 0.6) is 0 Å². The second-order valence-corrected chi connectivity index (χ2v) is 9.91. The molecule has 0 aromatic carbocycles. The number of hydrogen-bond donors (Lipinski definition) is 1. The molecule has 0 rings (SSSR count). The Bertz CT molecular complexity index is 324. The van der Waals surface area contributed by atoms with Gasteiger partial charge in [-0.25, -0.2) is 0 Å². The van der Waals surface area contributed by atoms with Gasteiger partial charge in [-0.15, -0.1) is 0 Å². The zero-order valence-corrected chi connectivity index (χ0v) is 22.4. The van der Waals surface area contributed by atoms with Crippen molar-refractivity contribution in [2.75, 3.05) is 26.3 Å². The molecule has 1 N–H and O–H groups in total. The van der Waals surface area contributed by atoms with Crippen LogP contribution in [-0.2, 0) is 4.84 Å². The zero-order chi connectivity index (χ0) is 23.4. The van der Waals surface area contributed by atoms with E-state index in [1.165, 1.54) is 141 Å². The molecule has 0 aliphatic heterocycles. The quantitative estimate of drug-likeness (QED) is 0.0942. The Morgan fingerprint density at radius 2 is 0.781 bits per heavy atom. The number of rotatable bonds is 28. The molecule has 0 aromatic heterocycles. The second-order valence-electron chi connectivity index (χ2n) is 9.91. The smallest absolute Gasteiger partial charge is 0.0685 e. The molecule has 0 aromatic rings. The van der Waals surface area contributed by atoms with E-state index in [4.69, 9.17) is 4.84 Å². The van der Waals surface area contributed by atoms with E-state index >= 15 is 0 Å². The van der Waals surface area contributed by atoms with Gasteiger partial charge in [-0.3, -0.25) is 4.84 Å². The first-order chi connectivity index (χ1) is 15.8. The minimum Gasteiger partial charge on any atom is -0.395 e. The Labute approximate surface area is 203 Å². The van der Waals surface area contributed by atoms with E-state index < -0.39 is 0 Å². The Balaban J connectivity index is 3.37. The van der Waals surface area contributed by atoms with Gasteiger partial charge in [0, 0.05) is 13.1 Å². The van der Waals surface area contributed by atoms with Crippen molar-refractivity contribution in [3.8, 4) is 0 Å². The molecule has 0 fully saturated rings. The van der Waals surface area contributed by atoms with Gasteiger partial charge in [-0.05, 0) is 12.8 Å². The Morgan fingerprint density at radius 1 is 0.438 bits per heavy atom. The largest absolute Gasteiger partial charge is 0.395 e. The van der Waals surface area contributed by atoms with Crippen molar-refractivity contribution < 1.29 is 9.94 Å². The summed E-state index contributed by atoms with van der Waals surface area (Å²) in [5, 5.41) is 11.3. The first-order valence-electron chi connectivity index (χ1n) is 14.8. The van der Waals surface area contributed by atoms with E-state index in [0.29, 0.717) is 6.54 Å². The first kappa shape index (κ1) is 31.9. The highest BCUT2D eigenvalue weighted by Gasteiger charge is 2.04. The average Bonchev–Trinajstić information content (AvgIpc) is 2.80. The van der Waals surface area contributed by atoms with Crippen LogP contribution in [0.4, 0.5) is 0 Å². The highest BCUT2D eigenvalue weighted by molar-refractivity contribution is 4.52. The lowest BCUT2D eigenvalue weighted by Gasteiger charge is -2.20. The molecule has 0 unspecified atom stereocenters. The maximum Gasteiger partial charge on any atom is 0.0685 e. The number of nitrogens with zero attached hydrogens (tertiary/aromatic N) is 1. The van der Waals surface area contributed by atoms with E-state index in [1.807, 2.05) is 5.06 Å². The van der Waals surface area contributed by atoms with Gasteiger partial charge in [0.25, 0.3) is 0 Å². The minimum absolute atomic E-state index is 0.191. The van der Waals surface area contributed by atoms with E-state index in [-0.39, 0.29) is 6.61 Å². The van der Waals surface area contributed by atoms with Crippen LogP contribution in [0.2, 0.25) is 0 Å². The predicted molar refractivity (Wildman–Crippen MR) is 142 cm³/mol. The van der Waals surface area contributed by atoms with Crippen LogP contribution in [0.25, 0.3) is 0 Å². The molecule has 0 saturated heterocycles. The van der Waals surface area contributed by atoms with Crippen molar-refractivity contribution in [1.29, 1.82) is 0 Å². The van der Waals surface area contributed by atoms with Gasteiger partial charge in [-0.1, -0.05) is 149 Å². The normalized spacial score (nSPS) is 11.6. The van der Waals surface area contributed by atoms with Gasteiger partial charge < -0.3 is 5.11 Å². The molecule has 0 bridgehead atoms. The Hall–Kier alpha value is -0.120. The molecule has 0 spiro atoms. The van der Waals surface area contributed by atoms with Crippen molar-refractivity contribution in [3.63, 3.8) is 0 Å². The summed E-state index contributed by atoms with van der Waals surface area (Å²) in [5.41, 5.74) is 0. The topological polar surface area (TPSA) is 32.7 Å². The lowest BCUT2D eigenvalue weighted by molar-refractivity contribution is -0.165. The van der Waals surface area contributed by atoms with Crippen molar-refractivity contribution in [3.05, 3.63) is 0 Å². The standard InChI is InChI=1S/C29H61NO2/c1-3-5-7-9-11-13-14-15-16-17-18-20-22-24-26-30(27-28-31)32-29-25-23-21-19-12-10-8-6-4-2/h31H,3-29H2,1-2H3. The van der Waals surface area contributed by atoms with Crippen LogP contribution in [0.3, 0.4) is 0 Å². The number of aliphatic hydroxyl groups excluding tert-OH is 1. The van der Waals surface area contributed by atoms with Gasteiger partial charge in [0.2, 0.25) is 0 Å². The summed E-state index contributed by atoms with van der Waals surface area (Å²) >= 11 is 0. The van der Waals surface area contributed by atoms with Crippen molar-refractivity contribution in [2.24, 2.45) is 0 Å². The number of unbranched alkanes of at least 4 members (excludes halogenated alkanes) is 21. The van der Waals surface area contributed by atoms with E-state index in [9.17, 15) is 5.11 Å². The number of hydrogen-bond acceptors (Lipinski definition) is 3. The minimum atomic E-state index is 0.191. The Kier molecular flexibility index (Phi) is 28.8. The van der Waals surface area contributed by atoms with Gasteiger partial charge in [-0.2, -0.15) is 5.06 Å². The highest BCUT2D eigenvalue weighted by Crippen LogP contribution is 2.13. The van der Waals surface area contributed by atoms with Gasteiger partial charge in [0.1, 0.15) is 0 Å². The molecule has 3 heteroatoms. The van der Waals surface area contributed by atoms with Crippen molar-refractivity contribution in [2.45, 2.75) is 162 Å². The molecule has 0 radical (unpaired) electrons. The van der Waals surface area contributed by atoms with Gasteiger partial charge in [0.05, 0.1) is 13.2 Å². The Morgan fingerprint density at radius 3 is 1.16 bits per heavy atom. The average molecular weight is 456 g/mol. The third-order valence-electron chi connectivity index (χ3n) is 6.63. The van der Waals surface area contributed by atoms with Crippen LogP contribution in [0, 0.1) is 0 Å². The summed E-state index contributed by atoms with van der Waals surface area (Å²) in [6, 6.07) is 0. The zero-order valence-electron chi connectivity index (χ0n) is 22.4. The maximum absolute atomic E-state index is 9.29. The van der Waals surface area contributed by atoms with Crippen molar-refractivity contribution in [1.82, 2.24) is 5.06 Å². The summed E-state index contributed by atoms with van der Waals surface area (Å²) in [6.45, 7) is 7.19. The second kappa shape index (κ2) is 28.9. The summed E-state index contributed by atoms with van der Waals surface area (Å²) in [5.74, 6) is 0. The summed E-state index contributed by atoms with van der Waals surface area (Å²) < 4.78 is 0. The fourth-order valence-corrected chi connectivity index (χ4v) is 4.44. The predicted octanol–water partition coefficient (Wildman–Crippen LogP) is 9.22. The van der Waals surface area contributed by atoms with E-state index in [1.54, 1.807) is 0 Å². The third kappa shape index (κ3) is 26.1. The monoisotopic (exact) mass is 455 g/mol. The van der Waals surface area contributed by atoms with E-state index in [2.05, 4.69) is 13.8 Å². The summed E-state index contributed by atoms with van der Waals surface area (Å²) in [7, 11) is 0. The molecule has 0 atom stereocenters. The number of hydroxylamine groups is 2. The highest BCUT2D eigenvalue weighted by atomic mass is 16.7. The molecule has 0 aliphatic carbocycles. The summed E-state index contributed by atoms with van der Waals surface area (Å²) in [4.78, 5) is 5.93. The van der Waals surface area contributed by atoms with Crippen molar-refractivity contribution >= 4 is 0 Å². The lowest BCUT2D eigenvalue weighted by atomic mass is 10.0. The molecule has 0 amide bonds. The SMILES string of the molecule is CCCCCCCCCCCCCCCCN(CCO)OCCCCCCCCCCC. The fourth-order valence-electron chi connectivity index (χ4n) is 4.44. The molecule has 0 saturated carbocycles. The lowest BCUT2D eigenvalue weighted by Crippen LogP contribution is -2.28. The van der Waals surface area contributed by atoms with Crippen LogP contribution in [-0.4, -0.2) is 36.5 Å². The first-order valence-corrected chi connectivity index (χ1v) is 14.8. The van der Waals surface area contributed by atoms with Gasteiger partial charge >= 0.3 is 0 Å².